The van der Waals surface area contributed by atoms with Crippen LogP contribution in [0.2, 0.25) is 0 Å². The van der Waals surface area contributed by atoms with Crippen LogP contribution in [0.15, 0.2) is 35.9 Å². The van der Waals surface area contributed by atoms with Crippen molar-refractivity contribution in [3.63, 3.8) is 0 Å². The number of hydrogen-bond acceptors (Lipinski definition) is 1. The zero-order chi connectivity index (χ0) is 12.0. The summed E-state index contributed by atoms with van der Waals surface area (Å²) in [6.07, 6.45) is 2.22. The van der Waals surface area contributed by atoms with Crippen molar-refractivity contribution in [2.75, 3.05) is 6.54 Å². The Hall–Kier alpha value is -0.790. The van der Waals surface area contributed by atoms with E-state index in [0.29, 0.717) is 17.6 Å². The third-order valence-electron chi connectivity index (χ3n) is 2.63. The van der Waals surface area contributed by atoms with E-state index in [1.807, 2.05) is 0 Å². The number of rotatable bonds is 6. The van der Waals surface area contributed by atoms with E-state index in [4.69, 9.17) is 11.6 Å². The molecule has 0 aliphatic rings. The molecule has 88 valence electrons. The molecule has 0 bridgehead atoms. The molecule has 16 heavy (non-hydrogen) atoms. The number of aryl methyl sites for hydroxylation is 2. The Bertz CT molecular complexity index is 329. The van der Waals surface area contributed by atoms with Crippen LogP contribution >= 0.6 is 11.6 Å². The molecule has 1 unspecified atom stereocenters. The van der Waals surface area contributed by atoms with Gasteiger partial charge in [0, 0.05) is 17.6 Å². The lowest BCUT2D eigenvalue weighted by Gasteiger charge is -2.13. The molecule has 0 aromatic heterocycles. The van der Waals surface area contributed by atoms with Gasteiger partial charge in [0.15, 0.2) is 0 Å². The number of nitrogens with one attached hydrogen (secondary N) is 1. The molecule has 0 aliphatic carbocycles. The fraction of sp³-hybridized carbons (Fsp3) is 0.429. The summed E-state index contributed by atoms with van der Waals surface area (Å²) in [5, 5.41) is 4.00. The first-order chi connectivity index (χ1) is 7.58. The van der Waals surface area contributed by atoms with Gasteiger partial charge in [-0.1, -0.05) is 48.0 Å². The quantitative estimate of drug-likeness (QED) is 0.796. The summed E-state index contributed by atoms with van der Waals surface area (Å²) >= 11 is 5.70. The van der Waals surface area contributed by atoms with Crippen molar-refractivity contribution in [1.29, 1.82) is 0 Å². The van der Waals surface area contributed by atoms with Crippen LogP contribution in [0.5, 0.6) is 0 Å². The fourth-order valence-electron chi connectivity index (χ4n) is 1.52. The molecule has 1 rings (SSSR count). The Labute approximate surface area is 104 Å². The smallest absolute Gasteiger partial charge is 0.0309 e. The largest absolute Gasteiger partial charge is 0.309 e. The monoisotopic (exact) mass is 237 g/mol. The van der Waals surface area contributed by atoms with Gasteiger partial charge >= 0.3 is 0 Å². The first-order valence-electron chi connectivity index (χ1n) is 5.70. The van der Waals surface area contributed by atoms with Gasteiger partial charge in [-0.3, -0.25) is 0 Å². The lowest BCUT2D eigenvalue weighted by molar-refractivity contribution is 0.541. The maximum atomic E-state index is 5.70. The zero-order valence-electron chi connectivity index (χ0n) is 10.1. The van der Waals surface area contributed by atoms with E-state index in [1.54, 1.807) is 0 Å². The molecule has 1 nitrogen and oxygen atoms in total. The van der Waals surface area contributed by atoms with Crippen LogP contribution in [0.1, 0.15) is 24.5 Å². The molecular weight excluding hydrogens is 218 g/mol. The highest BCUT2D eigenvalue weighted by Crippen LogP contribution is 2.07. The van der Waals surface area contributed by atoms with E-state index < -0.39 is 0 Å². The lowest BCUT2D eigenvalue weighted by atomic mass is 10.0. The van der Waals surface area contributed by atoms with Gasteiger partial charge in [0.1, 0.15) is 0 Å². The van der Waals surface area contributed by atoms with Crippen LogP contribution in [0, 0.1) is 6.92 Å². The highest BCUT2D eigenvalue weighted by molar-refractivity contribution is 6.29. The van der Waals surface area contributed by atoms with Gasteiger partial charge in [-0.05, 0) is 32.3 Å². The average Bonchev–Trinajstić information content (AvgIpc) is 2.25. The van der Waals surface area contributed by atoms with Crippen LogP contribution in [0.3, 0.4) is 0 Å². The van der Waals surface area contributed by atoms with E-state index in [-0.39, 0.29) is 0 Å². The van der Waals surface area contributed by atoms with Gasteiger partial charge in [0.2, 0.25) is 0 Å². The SMILES string of the molecule is C=C(Cl)CNC(C)CCc1ccc(C)cc1. The molecule has 1 aromatic rings. The van der Waals surface area contributed by atoms with Crippen molar-refractivity contribution < 1.29 is 0 Å². The molecule has 1 aromatic carbocycles. The average molecular weight is 238 g/mol. The van der Waals surface area contributed by atoms with Gasteiger partial charge in [0.05, 0.1) is 0 Å². The summed E-state index contributed by atoms with van der Waals surface area (Å²) in [6.45, 7) is 8.63. The molecule has 1 atom stereocenters. The molecule has 2 heteroatoms. The van der Waals surface area contributed by atoms with Gasteiger partial charge in [-0.25, -0.2) is 0 Å². The molecular formula is C14H20ClN. The minimum Gasteiger partial charge on any atom is -0.309 e. The third kappa shape index (κ3) is 5.34. The second-order valence-corrected chi connectivity index (χ2v) is 4.86. The summed E-state index contributed by atoms with van der Waals surface area (Å²) in [5.74, 6) is 0. The first-order valence-corrected chi connectivity index (χ1v) is 6.08. The normalized spacial score (nSPS) is 12.4. The van der Waals surface area contributed by atoms with E-state index in [1.165, 1.54) is 11.1 Å². The molecule has 0 heterocycles. The maximum Gasteiger partial charge on any atom is 0.0309 e. The summed E-state index contributed by atoms with van der Waals surface area (Å²) in [7, 11) is 0. The Morgan fingerprint density at radius 1 is 1.38 bits per heavy atom. The van der Waals surface area contributed by atoms with E-state index in [0.717, 1.165) is 12.8 Å². The molecule has 0 aliphatic heterocycles. The van der Waals surface area contributed by atoms with Crippen LogP contribution in [-0.2, 0) is 6.42 Å². The minimum absolute atomic E-state index is 0.469. The number of benzene rings is 1. The van der Waals surface area contributed by atoms with Crippen molar-refractivity contribution in [2.24, 2.45) is 0 Å². The summed E-state index contributed by atoms with van der Waals surface area (Å²) in [5.41, 5.74) is 2.71. The Morgan fingerprint density at radius 3 is 2.56 bits per heavy atom. The number of halogens is 1. The van der Waals surface area contributed by atoms with Crippen molar-refractivity contribution in [3.8, 4) is 0 Å². The highest BCUT2D eigenvalue weighted by atomic mass is 35.5. The predicted molar refractivity (Wildman–Crippen MR) is 72.0 cm³/mol. The standard InChI is InChI=1S/C14H20ClN/c1-11-4-7-14(8-5-11)9-6-13(3)16-10-12(2)15/h4-5,7-8,13,16H,2,6,9-10H2,1,3H3. The summed E-state index contributed by atoms with van der Waals surface area (Å²) in [4.78, 5) is 0. The third-order valence-corrected chi connectivity index (χ3v) is 2.76. The van der Waals surface area contributed by atoms with Gasteiger partial charge in [-0.15, -0.1) is 0 Å². The second kappa shape index (κ2) is 6.72. The van der Waals surface area contributed by atoms with Gasteiger partial charge in [0.25, 0.3) is 0 Å². The summed E-state index contributed by atoms with van der Waals surface area (Å²) in [6, 6.07) is 9.18. The van der Waals surface area contributed by atoms with E-state index >= 15 is 0 Å². The van der Waals surface area contributed by atoms with E-state index in [2.05, 4.69) is 50.0 Å². The zero-order valence-corrected chi connectivity index (χ0v) is 10.8. The van der Waals surface area contributed by atoms with Crippen LogP contribution < -0.4 is 5.32 Å². The highest BCUT2D eigenvalue weighted by Gasteiger charge is 2.02. The topological polar surface area (TPSA) is 12.0 Å². The predicted octanol–water partition coefficient (Wildman–Crippen LogP) is 3.66. The van der Waals surface area contributed by atoms with Gasteiger partial charge in [-0.2, -0.15) is 0 Å². The van der Waals surface area contributed by atoms with Crippen molar-refractivity contribution in [3.05, 3.63) is 47.0 Å². The minimum atomic E-state index is 0.469. The first kappa shape index (κ1) is 13.3. The molecule has 1 N–H and O–H groups in total. The Morgan fingerprint density at radius 2 is 2.00 bits per heavy atom. The molecule has 0 amide bonds. The molecule has 0 spiro atoms. The fourth-order valence-corrected chi connectivity index (χ4v) is 1.60. The maximum absolute atomic E-state index is 5.70. The van der Waals surface area contributed by atoms with Crippen LogP contribution in [0.4, 0.5) is 0 Å². The molecule has 0 fully saturated rings. The number of hydrogen-bond donors (Lipinski definition) is 1. The van der Waals surface area contributed by atoms with Crippen molar-refractivity contribution in [2.45, 2.75) is 32.7 Å². The second-order valence-electron chi connectivity index (χ2n) is 4.32. The molecule has 0 radical (unpaired) electrons. The Kier molecular flexibility index (Phi) is 5.58. The van der Waals surface area contributed by atoms with Crippen molar-refractivity contribution >= 4 is 11.6 Å². The van der Waals surface area contributed by atoms with Gasteiger partial charge < -0.3 is 5.32 Å². The lowest BCUT2D eigenvalue weighted by Crippen LogP contribution is -2.27. The van der Waals surface area contributed by atoms with Crippen LogP contribution in [-0.4, -0.2) is 12.6 Å². The molecule has 0 saturated heterocycles. The van der Waals surface area contributed by atoms with E-state index in [9.17, 15) is 0 Å². The van der Waals surface area contributed by atoms with Crippen molar-refractivity contribution in [1.82, 2.24) is 5.32 Å². The summed E-state index contributed by atoms with van der Waals surface area (Å²) < 4.78 is 0. The Balaban J connectivity index is 2.28. The van der Waals surface area contributed by atoms with Crippen LogP contribution in [0.25, 0.3) is 0 Å². The molecule has 0 saturated carbocycles.